The normalized spacial score (nSPS) is 27.7. The van der Waals surface area contributed by atoms with Gasteiger partial charge in [0, 0.05) is 44.9 Å². The van der Waals surface area contributed by atoms with Gasteiger partial charge < -0.3 is 4.90 Å². The van der Waals surface area contributed by atoms with E-state index in [1.165, 1.54) is 18.4 Å². The van der Waals surface area contributed by atoms with E-state index in [-0.39, 0.29) is 0 Å². The Morgan fingerprint density at radius 1 is 1.23 bits per heavy atom. The van der Waals surface area contributed by atoms with Crippen LogP contribution < -0.4 is 0 Å². The van der Waals surface area contributed by atoms with Gasteiger partial charge in [-0.25, -0.2) is 0 Å². The lowest BCUT2D eigenvalue weighted by Crippen LogP contribution is -2.48. The maximum atomic E-state index is 12.3. The molecule has 1 aliphatic heterocycles. The number of benzene rings is 1. The summed E-state index contributed by atoms with van der Waals surface area (Å²) in [6.45, 7) is 2.16. The molecule has 0 N–H and O–H groups in total. The lowest BCUT2D eigenvalue weighted by Gasteiger charge is -2.44. The molecule has 1 aromatic rings. The van der Waals surface area contributed by atoms with E-state index < -0.39 is 0 Å². The highest BCUT2D eigenvalue weighted by molar-refractivity contribution is 5.96. The van der Waals surface area contributed by atoms with Gasteiger partial charge in [0.1, 0.15) is 0 Å². The van der Waals surface area contributed by atoms with Crippen molar-refractivity contribution in [1.82, 2.24) is 9.80 Å². The summed E-state index contributed by atoms with van der Waals surface area (Å²) < 4.78 is 0. The third-order valence-corrected chi connectivity index (χ3v) is 4.91. The smallest absolute Gasteiger partial charge is 0.160 e. The molecule has 2 aliphatic rings. The van der Waals surface area contributed by atoms with Crippen LogP contribution in [0.1, 0.15) is 31.2 Å². The number of Topliss-reactive ketones (excluding diaryl/α,β-unsaturated/α-hetero) is 1. The van der Waals surface area contributed by atoms with E-state index in [1.54, 1.807) is 0 Å². The van der Waals surface area contributed by atoms with Crippen LogP contribution >= 0.6 is 0 Å². The number of carbonyl (C=O) groups excluding carboxylic acids is 1. The third-order valence-electron chi connectivity index (χ3n) is 4.91. The van der Waals surface area contributed by atoms with Gasteiger partial charge in [-0.2, -0.15) is 0 Å². The Bertz CT molecular complexity index is 550. The Morgan fingerprint density at radius 3 is 2.73 bits per heavy atom. The number of fused-ring (bicyclic) bond motifs is 1. The van der Waals surface area contributed by atoms with Crippen molar-refractivity contribution in [3.63, 3.8) is 0 Å². The highest BCUT2D eigenvalue weighted by Gasteiger charge is 2.38. The van der Waals surface area contributed by atoms with Crippen molar-refractivity contribution in [2.24, 2.45) is 5.92 Å². The van der Waals surface area contributed by atoms with Crippen LogP contribution in [0.2, 0.25) is 0 Å². The second-order valence-electron chi connectivity index (χ2n) is 6.88. The lowest BCUT2D eigenvalue weighted by molar-refractivity contribution is -0.119. The highest BCUT2D eigenvalue weighted by atomic mass is 16.1. The molecule has 3 rings (SSSR count). The second kappa shape index (κ2) is 6.66. The van der Waals surface area contributed by atoms with Crippen LogP contribution in [0.3, 0.4) is 0 Å². The van der Waals surface area contributed by atoms with Crippen LogP contribution in [0, 0.1) is 5.92 Å². The zero-order valence-corrected chi connectivity index (χ0v) is 13.7. The first kappa shape index (κ1) is 15.3. The molecule has 2 atom stereocenters. The Hall–Kier alpha value is -1.61. The van der Waals surface area contributed by atoms with Crippen LogP contribution in [0.25, 0.3) is 0 Å². The summed E-state index contributed by atoms with van der Waals surface area (Å²) in [4.78, 5) is 16.9. The first-order chi connectivity index (χ1) is 10.6. The minimum absolute atomic E-state index is 0.358. The maximum absolute atomic E-state index is 12.3. The van der Waals surface area contributed by atoms with Gasteiger partial charge in [0.05, 0.1) is 0 Å². The van der Waals surface area contributed by atoms with Gasteiger partial charge in [-0.3, -0.25) is 9.69 Å². The van der Waals surface area contributed by atoms with Crippen LogP contribution in [0.4, 0.5) is 0 Å². The summed E-state index contributed by atoms with van der Waals surface area (Å²) in [7, 11) is 3.99. The summed E-state index contributed by atoms with van der Waals surface area (Å²) in [5.41, 5.74) is 2.38. The quantitative estimate of drug-likeness (QED) is 0.801. The van der Waals surface area contributed by atoms with Gasteiger partial charge >= 0.3 is 0 Å². The van der Waals surface area contributed by atoms with Gasteiger partial charge in [-0.1, -0.05) is 30.3 Å². The monoisotopic (exact) mass is 298 g/mol. The summed E-state index contributed by atoms with van der Waals surface area (Å²) in [5.74, 6) is 0.904. The number of nitrogens with zero attached hydrogens (tertiary/aromatic N) is 2. The molecule has 1 aromatic carbocycles. The number of ketones is 1. The van der Waals surface area contributed by atoms with E-state index in [9.17, 15) is 4.79 Å². The Balaban J connectivity index is 1.76. The standard InChI is InChI=1S/C19H26N2O/c1-20(2)14-17-11-18-16(12-19(17)22)9-6-10-21(18)13-15-7-4-3-5-8-15/h3-5,7-8,14,16,18H,6,9-13H2,1-2H3/t16-,18-/m0/s1. The molecule has 118 valence electrons. The molecular formula is C19H26N2O. The molecule has 0 aromatic heterocycles. The van der Waals surface area contributed by atoms with E-state index in [0.29, 0.717) is 17.7 Å². The van der Waals surface area contributed by atoms with Gasteiger partial charge in [-0.05, 0) is 37.3 Å². The minimum atomic E-state index is 0.358. The Labute approximate surface area is 133 Å². The summed E-state index contributed by atoms with van der Waals surface area (Å²) >= 11 is 0. The van der Waals surface area contributed by atoms with E-state index >= 15 is 0 Å². The summed E-state index contributed by atoms with van der Waals surface area (Å²) in [6.07, 6.45) is 6.09. The predicted octanol–water partition coefficient (Wildman–Crippen LogP) is 3.08. The first-order valence-corrected chi connectivity index (χ1v) is 8.32. The average molecular weight is 298 g/mol. The van der Waals surface area contributed by atoms with Crippen molar-refractivity contribution in [3.05, 3.63) is 47.7 Å². The van der Waals surface area contributed by atoms with E-state index in [2.05, 4.69) is 35.2 Å². The number of hydrogen-bond donors (Lipinski definition) is 0. The zero-order valence-electron chi connectivity index (χ0n) is 13.7. The fraction of sp³-hybridized carbons (Fsp3) is 0.526. The van der Waals surface area contributed by atoms with Crippen LogP contribution in [-0.4, -0.2) is 42.3 Å². The van der Waals surface area contributed by atoms with Gasteiger partial charge in [0.15, 0.2) is 5.78 Å². The number of likely N-dealkylation sites (tertiary alicyclic amines) is 1. The molecule has 3 nitrogen and oxygen atoms in total. The fourth-order valence-electron chi connectivity index (χ4n) is 3.91. The molecule has 1 heterocycles. The van der Waals surface area contributed by atoms with E-state index in [0.717, 1.165) is 31.5 Å². The molecule has 0 bridgehead atoms. The fourth-order valence-corrected chi connectivity index (χ4v) is 3.91. The molecule has 2 fully saturated rings. The molecule has 1 saturated heterocycles. The zero-order chi connectivity index (χ0) is 15.5. The SMILES string of the molecule is CN(C)C=C1C[C@H]2[C@@H](CCCN2Cc2ccccc2)CC1=O. The predicted molar refractivity (Wildman–Crippen MR) is 89.4 cm³/mol. The average Bonchev–Trinajstić information content (AvgIpc) is 2.49. The van der Waals surface area contributed by atoms with Crippen molar-refractivity contribution in [2.45, 2.75) is 38.3 Å². The number of piperidine rings is 1. The van der Waals surface area contributed by atoms with Crippen molar-refractivity contribution < 1.29 is 4.79 Å². The minimum Gasteiger partial charge on any atom is -0.383 e. The molecule has 1 aliphatic carbocycles. The number of carbonyl (C=O) groups is 1. The summed E-state index contributed by atoms with van der Waals surface area (Å²) in [6, 6.07) is 11.2. The van der Waals surface area contributed by atoms with Crippen molar-refractivity contribution in [2.75, 3.05) is 20.6 Å². The second-order valence-corrected chi connectivity index (χ2v) is 6.88. The topological polar surface area (TPSA) is 23.6 Å². The van der Waals surface area contributed by atoms with E-state index in [4.69, 9.17) is 0 Å². The Kier molecular flexibility index (Phi) is 4.63. The molecule has 0 radical (unpaired) electrons. The largest absolute Gasteiger partial charge is 0.383 e. The van der Waals surface area contributed by atoms with E-state index in [1.807, 2.05) is 25.2 Å². The molecule has 22 heavy (non-hydrogen) atoms. The molecule has 1 saturated carbocycles. The Morgan fingerprint density at radius 2 is 2.00 bits per heavy atom. The van der Waals surface area contributed by atoms with Crippen molar-refractivity contribution >= 4 is 5.78 Å². The number of rotatable bonds is 3. The van der Waals surface area contributed by atoms with Gasteiger partial charge in [-0.15, -0.1) is 0 Å². The number of hydrogen-bond acceptors (Lipinski definition) is 3. The van der Waals surface area contributed by atoms with Crippen LogP contribution in [0.15, 0.2) is 42.1 Å². The summed E-state index contributed by atoms with van der Waals surface area (Å²) in [5, 5.41) is 0. The molecule has 3 heteroatoms. The van der Waals surface area contributed by atoms with Gasteiger partial charge in [0.25, 0.3) is 0 Å². The van der Waals surface area contributed by atoms with Crippen molar-refractivity contribution in [3.8, 4) is 0 Å². The lowest BCUT2D eigenvalue weighted by atomic mass is 9.75. The molecular weight excluding hydrogens is 272 g/mol. The molecule has 0 amide bonds. The first-order valence-electron chi connectivity index (χ1n) is 8.32. The molecule has 0 spiro atoms. The highest BCUT2D eigenvalue weighted by Crippen LogP contribution is 2.36. The van der Waals surface area contributed by atoms with Crippen LogP contribution in [-0.2, 0) is 11.3 Å². The van der Waals surface area contributed by atoms with Crippen LogP contribution in [0.5, 0.6) is 0 Å². The van der Waals surface area contributed by atoms with Crippen molar-refractivity contribution in [1.29, 1.82) is 0 Å². The molecule has 0 unspecified atom stereocenters. The third kappa shape index (κ3) is 3.41. The maximum Gasteiger partial charge on any atom is 0.160 e. The van der Waals surface area contributed by atoms with Gasteiger partial charge in [0.2, 0.25) is 0 Å².